The predicted molar refractivity (Wildman–Crippen MR) is 76.5 cm³/mol. The molecule has 18 heavy (non-hydrogen) atoms. The molecule has 0 spiro atoms. The van der Waals surface area contributed by atoms with E-state index in [9.17, 15) is 0 Å². The number of benzene rings is 1. The topological polar surface area (TPSA) is 27.6 Å². The average Bonchev–Trinajstić information content (AvgIpc) is 2.61. The van der Waals surface area contributed by atoms with Crippen LogP contribution in [0.5, 0.6) is 0 Å². The van der Waals surface area contributed by atoms with Gasteiger partial charge in [-0.2, -0.15) is 0 Å². The maximum Gasteiger partial charge on any atom is 0.124 e. The molecule has 1 unspecified atom stereocenters. The largest absolute Gasteiger partial charge is 0.331 e. The Labute approximate surface area is 109 Å². The molecule has 1 atom stereocenters. The Morgan fingerprint density at radius 2 is 2.00 bits per heavy atom. The van der Waals surface area contributed by atoms with Crippen molar-refractivity contribution in [2.45, 2.75) is 12.6 Å². The van der Waals surface area contributed by atoms with E-state index in [1.165, 1.54) is 5.56 Å². The molecule has 0 bridgehead atoms. The van der Waals surface area contributed by atoms with Crippen LogP contribution in [0.4, 0.5) is 0 Å². The van der Waals surface area contributed by atoms with Crippen LogP contribution in [0.25, 0.3) is 0 Å². The minimum atomic E-state index is 0.161. The van der Waals surface area contributed by atoms with Crippen molar-refractivity contribution in [3.63, 3.8) is 0 Å². The first-order valence-electron chi connectivity index (χ1n) is 6.14. The molecule has 1 aliphatic rings. The summed E-state index contributed by atoms with van der Waals surface area (Å²) in [5, 5.41) is 3.26. The molecular weight excluding hydrogens is 222 g/mol. The van der Waals surface area contributed by atoms with Crippen LogP contribution in [0.15, 0.2) is 59.8 Å². The minimum absolute atomic E-state index is 0.161. The van der Waals surface area contributed by atoms with E-state index in [4.69, 9.17) is 0 Å². The van der Waals surface area contributed by atoms with Crippen molar-refractivity contribution in [3.05, 3.63) is 60.3 Å². The van der Waals surface area contributed by atoms with E-state index in [0.717, 1.165) is 12.4 Å². The van der Waals surface area contributed by atoms with Gasteiger partial charge in [-0.05, 0) is 18.7 Å². The Bertz CT molecular complexity index is 460. The molecule has 1 aromatic rings. The van der Waals surface area contributed by atoms with Crippen molar-refractivity contribution in [3.8, 4) is 0 Å². The summed E-state index contributed by atoms with van der Waals surface area (Å²) in [4.78, 5) is 6.59. The van der Waals surface area contributed by atoms with Gasteiger partial charge in [0, 0.05) is 19.8 Å². The van der Waals surface area contributed by atoms with Crippen LogP contribution in [0.2, 0.25) is 0 Å². The smallest absolute Gasteiger partial charge is 0.124 e. The SMILES string of the molecule is CN=C1C(NC)C=CC=CN1Cc1ccccc1. The van der Waals surface area contributed by atoms with Crippen LogP contribution >= 0.6 is 0 Å². The number of likely N-dealkylation sites (N-methyl/N-ethyl adjacent to an activating group) is 1. The molecule has 1 aliphatic heterocycles. The van der Waals surface area contributed by atoms with Crippen LogP contribution < -0.4 is 5.32 Å². The normalized spacial score (nSPS) is 21.3. The number of amidine groups is 1. The zero-order valence-electron chi connectivity index (χ0n) is 10.9. The summed E-state index contributed by atoms with van der Waals surface area (Å²) >= 11 is 0. The maximum atomic E-state index is 4.41. The minimum Gasteiger partial charge on any atom is -0.331 e. The standard InChI is InChI=1S/C15H19N3/c1-16-14-10-6-7-11-18(15(14)17-2)12-13-8-4-3-5-9-13/h3-11,14,16H,12H2,1-2H3. The summed E-state index contributed by atoms with van der Waals surface area (Å²) in [6, 6.07) is 10.6. The molecule has 3 nitrogen and oxygen atoms in total. The Morgan fingerprint density at radius 3 is 2.67 bits per heavy atom. The molecule has 0 saturated carbocycles. The summed E-state index contributed by atoms with van der Waals surface area (Å²) in [5.41, 5.74) is 1.28. The third-order valence-electron chi connectivity index (χ3n) is 2.99. The van der Waals surface area contributed by atoms with Gasteiger partial charge < -0.3 is 10.2 Å². The Balaban J connectivity index is 2.20. The van der Waals surface area contributed by atoms with Gasteiger partial charge in [-0.25, -0.2) is 0 Å². The first kappa shape index (κ1) is 12.6. The molecule has 1 N–H and O–H groups in total. The number of nitrogens with one attached hydrogen (secondary N) is 1. The Morgan fingerprint density at radius 1 is 1.22 bits per heavy atom. The average molecular weight is 241 g/mol. The highest BCUT2D eigenvalue weighted by atomic mass is 15.2. The lowest BCUT2D eigenvalue weighted by molar-refractivity contribution is 0.527. The van der Waals surface area contributed by atoms with Gasteiger partial charge in [-0.3, -0.25) is 4.99 Å². The molecule has 2 rings (SSSR count). The highest BCUT2D eigenvalue weighted by Crippen LogP contribution is 2.11. The molecule has 0 amide bonds. The zero-order valence-corrected chi connectivity index (χ0v) is 10.9. The molecular formula is C15H19N3. The van der Waals surface area contributed by atoms with E-state index in [0.29, 0.717) is 0 Å². The van der Waals surface area contributed by atoms with E-state index in [-0.39, 0.29) is 6.04 Å². The number of hydrogen-bond acceptors (Lipinski definition) is 2. The molecule has 0 fully saturated rings. The lowest BCUT2D eigenvalue weighted by atomic mass is 10.2. The first-order chi connectivity index (χ1) is 8.85. The van der Waals surface area contributed by atoms with Crippen LogP contribution in [0, 0.1) is 0 Å². The molecule has 0 aromatic heterocycles. The van der Waals surface area contributed by atoms with Gasteiger partial charge in [0.05, 0.1) is 6.04 Å². The van der Waals surface area contributed by atoms with E-state index >= 15 is 0 Å². The summed E-state index contributed by atoms with van der Waals surface area (Å²) in [6.07, 6.45) is 8.29. The van der Waals surface area contributed by atoms with Gasteiger partial charge >= 0.3 is 0 Å². The first-order valence-corrected chi connectivity index (χ1v) is 6.14. The Hall–Kier alpha value is -1.87. The quantitative estimate of drug-likeness (QED) is 0.878. The maximum absolute atomic E-state index is 4.41. The monoisotopic (exact) mass is 241 g/mol. The fourth-order valence-electron chi connectivity index (χ4n) is 2.08. The second-order valence-corrected chi connectivity index (χ2v) is 4.19. The lowest BCUT2D eigenvalue weighted by Crippen LogP contribution is -2.41. The predicted octanol–water partition coefficient (Wildman–Crippen LogP) is 2.19. The fraction of sp³-hybridized carbons (Fsp3) is 0.267. The van der Waals surface area contributed by atoms with Gasteiger partial charge in [0.15, 0.2) is 0 Å². The lowest BCUT2D eigenvalue weighted by Gasteiger charge is -2.25. The van der Waals surface area contributed by atoms with Crippen molar-refractivity contribution in [2.75, 3.05) is 14.1 Å². The summed E-state index contributed by atoms with van der Waals surface area (Å²) < 4.78 is 0. The highest BCUT2D eigenvalue weighted by Gasteiger charge is 2.17. The van der Waals surface area contributed by atoms with Crippen LogP contribution in [-0.4, -0.2) is 30.9 Å². The van der Waals surface area contributed by atoms with Crippen molar-refractivity contribution < 1.29 is 0 Å². The fourth-order valence-corrected chi connectivity index (χ4v) is 2.08. The van der Waals surface area contributed by atoms with Crippen molar-refractivity contribution >= 4 is 5.84 Å². The molecule has 1 aromatic carbocycles. The van der Waals surface area contributed by atoms with Gasteiger partial charge in [0.2, 0.25) is 0 Å². The van der Waals surface area contributed by atoms with E-state index in [1.54, 1.807) is 0 Å². The number of allylic oxidation sites excluding steroid dienone is 2. The number of aliphatic imine (C=N–C) groups is 1. The molecule has 0 saturated heterocycles. The van der Waals surface area contributed by atoms with Crippen LogP contribution in [0.3, 0.4) is 0 Å². The van der Waals surface area contributed by atoms with Gasteiger partial charge in [0.25, 0.3) is 0 Å². The Kier molecular flexibility index (Phi) is 4.31. The molecule has 1 heterocycles. The van der Waals surface area contributed by atoms with Crippen molar-refractivity contribution in [1.29, 1.82) is 0 Å². The molecule has 0 aliphatic carbocycles. The summed E-state index contributed by atoms with van der Waals surface area (Å²) in [7, 11) is 3.79. The van der Waals surface area contributed by atoms with Gasteiger partial charge in [-0.15, -0.1) is 0 Å². The molecule has 0 radical (unpaired) electrons. The highest BCUT2D eigenvalue weighted by molar-refractivity contribution is 5.90. The third kappa shape index (κ3) is 2.87. The van der Waals surface area contributed by atoms with Gasteiger partial charge in [-0.1, -0.05) is 42.5 Å². The summed E-state index contributed by atoms with van der Waals surface area (Å²) in [6.45, 7) is 0.837. The second-order valence-electron chi connectivity index (χ2n) is 4.19. The van der Waals surface area contributed by atoms with E-state index < -0.39 is 0 Å². The molecule has 3 heteroatoms. The number of rotatable bonds is 3. The second kappa shape index (κ2) is 6.17. The van der Waals surface area contributed by atoms with Crippen LogP contribution in [0.1, 0.15) is 5.56 Å². The van der Waals surface area contributed by atoms with Gasteiger partial charge in [0.1, 0.15) is 5.84 Å². The third-order valence-corrected chi connectivity index (χ3v) is 2.99. The van der Waals surface area contributed by atoms with Crippen LogP contribution in [-0.2, 0) is 6.54 Å². The summed E-state index contributed by atoms with van der Waals surface area (Å²) in [5.74, 6) is 1.03. The van der Waals surface area contributed by atoms with E-state index in [2.05, 4.69) is 57.8 Å². The number of hydrogen-bond donors (Lipinski definition) is 1. The van der Waals surface area contributed by atoms with E-state index in [1.807, 2.05) is 26.2 Å². The molecule has 94 valence electrons. The number of nitrogens with zero attached hydrogens (tertiary/aromatic N) is 2. The van der Waals surface area contributed by atoms with Crippen molar-refractivity contribution in [1.82, 2.24) is 10.2 Å². The zero-order chi connectivity index (χ0) is 12.8. The van der Waals surface area contributed by atoms with Crippen molar-refractivity contribution in [2.24, 2.45) is 4.99 Å².